The molecular weight excluding hydrogens is 347 g/mol. The molecule has 1 amide bonds. The fourth-order valence-electron chi connectivity index (χ4n) is 1.77. The van der Waals surface area contributed by atoms with Crippen LogP contribution in [0.15, 0.2) is 36.5 Å². The van der Waals surface area contributed by atoms with E-state index in [9.17, 15) is 18.0 Å². The first-order valence-corrected chi connectivity index (χ1v) is 7.21. The summed E-state index contributed by atoms with van der Waals surface area (Å²) in [6, 6.07) is 5.98. The molecule has 0 aliphatic rings. The average Bonchev–Trinajstić information content (AvgIpc) is 2.50. The Morgan fingerprint density at radius 3 is 2.62 bits per heavy atom. The maximum atomic E-state index is 12.7. The lowest BCUT2D eigenvalue weighted by atomic mass is 10.2. The van der Waals surface area contributed by atoms with E-state index in [1.165, 1.54) is 18.3 Å². The quantitative estimate of drug-likeness (QED) is 0.800. The Kier molecular flexibility index (Phi) is 5.50. The maximum Gasteiger partial charge on any atom is 0.416 e. The van der Waals surface area contributed by atoms with Gasteiger partial charge < -0.3 is 10.1 Å². The number of ether oxygens (including phenoxy) is 1. The molecule has 0 fully saturated rings. The van der Waals surface area contributed by atoms with Gasteiger partial charge in [-0.1, -0.05) is 11.6 Å². The number of alkyl halides is 3. The average molecular weight is 360 g/mol. The van der Waals surface area contributed by atoms with Crippen molar-refractivity contribution in [3.8, 4) is 0 Å². The third-order valence-corrected chi connectivity index (χ3v) is 3.17. The van der Waals surface area contributed by atoms with Crippen LogP contribution >= 0.6 is 11.6 Å². The van der Waals surface area contributed by atoms with Gasteiger partial charge in [0.1, 0.15) is 5.82 Å². The molecule has 1 aromatic carbocycles. The molecule has 9 heteroatoms. The summed E-state index contributed by atoms with van der Waals surface area (Å²) in [5, 5.41) is 5.29. The summed E-state index contributed by atoms with van der Waals surface area (Å²) in [6.45, 7) is 1.89. The molecule has 0 radical (unpaired) electrons. The number of halogens is 4. The molecule has 2 rings (SSSR count). The number of carbonyl (C=O) groups is 1. The summed E-state index contributed by atoms with van der Waals surface area (Å²) in [5.74, 6) is 0.245. The number of rotatable bonds is 4. The van der Waals surface area contributed by atoms with Crippen LogP contribution < -0.4 is 10.6 Å². The number of hydrogen-bond donors (Lipinski definition) is 2. The van der Waals surface area contributed by atoms with Gasteiger partial charge in [0, 0.05) is 0 Å². The van der Waals surface area contributed by atoms with Crippen LogP contribution in [0.25, 0.3) is 0 Å². The summed E-state index contributed by atoms with van der Waals surface area (Å²) >= 11 is 5.91. The normalized spacial score (nSPS) is 11.0. The molecule has 0 saturated heterocycles. The molecule has 2 N–H and O–H groups in total. The van der Waals surface area contributed by atoms with Crippen molar-refractivity contribution >= 4 is 34.9 Å². The second kappa shape index (κ2) is 7.39. The fourth-order valence-corrected chi connectivity index (χ4v) is 1.93. The van der Waals surface area contributed by atoms with E-state index in [-0.39, 0.29) is 23.1 Å². The molecule has 5 nitrogen and oxygen atoms in total. The van der Waals surface area contributed by atoms with Gasteiger partial charge in [-0.05, 0) is 37.3 Å². The van der Waals surface area contributed by atoms with Gasteiger partial charge in [0.15, 0.2) is 0 Å². The highest BCUT2D eigenvalue weighted by Gasteiger charge is 2.30. The minimum absolute atomic E-state index is 0.0967. The number of amides is 1. The van der Waals surface area contributed by atoms with Crippen LogP contribution in [0, 0.1) is 0 Å². The standard InChI is InChI=1S/C15H13ClF3N3O2/c1-2-24-14(23)22-13-6-4-10(8-20-13)21-12-7-9(15(17,18)19)3-5-11(12)16/h3-8,21H,2H2,1H3,(H,20,22,23). The Hall–Kier alpha value is -2.48. The second-order valence-electron chi connectivity index (χ2n) is 4.59. The first kappa shape index (κ1) is 17.9. The molecule has 0 aliphatic carbocycles. The van der Waals surface area contributed by atoms with Gasteiger partial charge in [0.25, 0.3) is 0 Å². The number of anilines is 3. The highest BCUT2D eigenvalue weighted by Crippen LogP contribution is 2.34. The molecule has 0 unspecified atom stereocenters. The minimum atomic E-state index is -4.47. The van der Waals surface area contributed by atoms with E-state index in [1.54, 1.807) is 6.92 Å². The van der Waals surface area contributed by atoms with Crippen molar-refractivity contribution in [2.75, 3.05) is 17.2 Å². The molecule has 1 aromatic heterocycles. The van der Waals surface area contributed by atoms with Crippen molar-refractivity contribution in [1.29, 1.82) is 0 Å². The van der Waals surface area contributed by atoms with Crippen molar-refractivity contribution in [2.45, 2.75) is 13.1 Å². The van der Waals surface area contributed by atoms with Gasteiger partial charge in [-0.15, -0.1) is 0 Å². The molecule has 1 heterocycles. The zero-order chi connectivity index (χ0) is 17.7. The zero-order valence-corrected chi connectivity index (χ0v) is 13.2. The van der Waals surface area contributed by atoms with E-state index in [0.717, 1.165) is 18.2 Å². The van der Waals surface area contributed by atoms with Crippen LogP contribution in [-0.4, -0.2) is 17.7 Å². The summed E-state index contributed by atoms with van der Waals surface area (Å²) in [6.07, 6.45) is -3.77. The number of aromatic nitrogens is 1. The second-order valence-corrected chi connectivity index (χ2v) is 5.00. The number of nitrogens with zero attached hydrogens (tertiary/aromatic N) is 1. The van der Waals surface area contributed by atoms with Crippen molar-refractivity contribution in [2.24, 2.45) is 0 Å². The van der Waals surface area contributed by atoms with Crippen molar-refractivity contribution in [1.82, 2.24) is 4.98 Å². The maximum absolute atomic E-state index is 12.7. The van der Waals surface area contributed by atoms with Gasteiger partial charge in [-0.2, -0.15) is 13.2 Å². The van der Waals surface area contributed by atoms with Crippen LogP contribution in [0.4, 0.5) is 35.2 Å². The number of pyridine rings is 1. The third kappa shape index (κ3) is 4.76. The molecule has 0 aliphatic heterocycles. The van der Waals surface area contributed by atoms with Gasteiger partial charge >= 0.3 is 12.3 Å². The molecule has 2 aromatic rings. The van der Waals surface area contributed by atoms with Crippen LogP contribution in [0.1, 0.15) is 12.5 Å². The monoisotopic (exact) mass is 359 g/mol. The van der Waals surface area contributed by atoms with E-state index in [0.29, 0.717) is 5.69 Å². The Morgan fingerprint density at radius 1 is 1.29 bits per heavy atom. The molecule has 24 heavy (non-hydrogen) atoms. The summed E-state index contributed by atoms with van der Waals surface area (Å²) < 4.78 is 42.9. The van der Waals surface area contributed by atoms with Crippen molar-refractivity contribution in [3.63, 3.8) is 0 Å². The van der Waals surface area contributed by atoms with Gasteiger partial charge in [-0.3, -0.25) is 5.32 Å². The lowest BCUT2D eigenvalue weighted by Gasteiger charge is -2.12. The SMILES string of the molecule is CCOC(=O)Nc1ccc(Nc2cc(C(F)(F)F)ccc2Cl)cn1. The predicted octanol–water partition coefficient (Wildman–Crippen LogP) is 5.07. The molecule has 128 valence electrons. The van der Waals surface area contributed by atoms with Crippen LogP contribution in [0.3, 0.4) is 0 Å². The summed E-state index contributed by atoms with van der Waals surface area (Å²) in [5.41, 5.74) is -0.312. The largest absolute Gasteiger partial charge is 0.450 e. The van der Waals surface area contributed by atoms with Crippen LogP contribution in [0.5, 0.6) is 0 Å². The molecule has 0 saturated carbocycles. The van der Waals surface area contributed by atoms with Gasteiger partial charge in [0.2, 0.25) is 0 Å². The van der Waals surface area contributed by atoms with Crippen LogP contribution in [-0.2, 0) is 10.9 Å². The highest BCUT2D eigenvalue weighted by molar-refractivity contribution is 6.33. The predicted molar refractivity (Wildman–Crippen MR) is 84.6 cm³/mol. The molecule has 0 atom stereocenters. The Morgan fingerprint density at radius 2 is 2.04 bits per heavy atom. The molecular formula is C15H13ClF3N3O2. The number of hydrogen-bond acceptors (Lipinski definition) is 4. The number of carbonyl (C=O) groups excluding carboxylic acids is 1. The number of nitrogens with one attached hydrogen (secondary N) is 2. The first-order chi connectivity index (χ1) is 11.3. The Balaban J connectivity index is 2.13. The minimum Gasteiger partial charge on any atom is -0.450 e. The zero-order valence-electron chi connectivity index (χ0n) is 12.4. The topological polar surface area (TPSA) is 63.2 Å². The number of benzene rings is 1. The van der Waals surface area contributed by atoms with Crippen molar-refractivity contribution in [3.05, 3.63) is 47.1 Å². The smallest absolute Gasteiger partial charge is 0.416 e. The van der Waals surface area contributed by atoms with Gasteiger partial charge in [0.05, 0.1) is 34.8 Å². The van der Waals surface area contributed by atoms with E-state index in [2.05, 4.69) is 15.6 Å². The lowest BCUT2D eigenvalue weighted by Crippen LogP contribution is -2.14. The first-order valence-electron chi connectivity index (χ1n) is 6.83. The van der Waals surface area contributed by atoms with Crippen molar-refractivity contribution < 1.29 is 22.7 Å². The molecule has 0 spiro atoms. The third-order valence-electron chi connectivity index (χ3n) is 2.84. The van der Waals surface area contributed by atoms with E-state index >= 15 is 0 Å². The lowest BCUT2D eigenvalue weighted by molar-refractivity contribution is -0.137. The van der Waals surface area contributed by atoms with E-state index < -0.39 is 17.8 Å². The van der Waals surface area contributed by atoms with E-state index in [4.69, 9.17) is 16.3 Å². The highest BCUT2D eigenvalue weighted by atomic mass is 35.5. The Bertz CT molecular complexity index is 721. The van der Waals surface area contributed by atoms with E-state index in [1.807, 2.05) is 0 Å². The Labute approximate surface area is 140 Å². The fraction of sp³-hybridized carbons (Fsp3) is 0.200. The van der Waals surface area contributed by atoms with Gasteiger partial charge in [-0.25, -0.2) is 9.78 Å². The molecule has 0 bridgehead atoms. The summed E-state index contributed by atoms with van der Waals surface area (Å²) in [7, 11) is 0. The van der Waals surface area contributed by atoms with Crippen LogP contribution in [0.2, 0.25) is 5.02 Å². The summed E-state index contributed by atoms with van der Waals surface area (Å²) in [4.78, 5) is 15.2.